The minimum Gasteiger partial charge on any atom is -0.508 e. The van der Waals surface area contributed by atoms with E-state index < -0.39 is 35.0 Å². The van der Waals surface area contributed by atoms with Gasteiger partial charge < -0.3 is 5.11 Å². The molecular formula is C40H33ClN2O5. The molecule has 6 unspecified atom stereocenters. The molecule has 7 nitrogen and oxygen atoms in total. The van der Waals surface area contributed by atoms with Gasteiger partial charge in [-0.15, -0.1) is 0 Å². The van der Waals surface area contributed by atoms with Crippen LogP contribution >= 0.6 is 11.6 Å². The summed E-state index contributed by atoms with van der Waals surface area (Å²) in [6.45, 7) is 1.99. The van der Waals surface area contributed by atoms with Gasteiger partial charge in [0.15, 0.2) is 0 Å². The van der Waals surface area contributed by atoms with Crippen molar-refractivity contribution in [3.8, 4) is 5.75 Å². The van der Waals surface area contributed by atoms with Gasteiger partial charge in [-0.25, -0.2) is 4.90 Å². The number of nitrogens with zero attached hydrogens (tertiary/aromatic N) is 2. The number of phenolic OH excluding ortho intramolecular Hbond substituents is 1. The minimum atomic E-state index is -1.35. The van der Waals surface area contributed by atoms with E-state index in [4.69, 9.17) is 11.6 Å². The molecule has 8 rings (SSSR count). The number of hydrogen-bond donors (Lipinski definition) is 1. The van der Waals surface area contributed by atoms with Crippen LogP contribution in [-0.2, 0) is 31.1 Å². The van der Waals surface area contributed by atoms with Crippen LogP contribution < -0.4 is 4.90 Å². The number of allylic oxidation sites excluding steroid dienone is 2. The van der Waals surface area contributed by atoms with Crippen LogP contribution in [0, 0.1) is 30.6 Å². The molecule has 0 spiro atoms. The van der Waals surface area contributed by atoms with Crippen LogP contribution in [0.3, 0.4) is 0 Å². The Balaban J connectivity index is 1.33. The van der Waals surface area contributed by atoms with Crippen LogP contribution in [0.1, 0.15) is 41.0 Å². The van der Waals surface area contributed by atoms with Crippen molar-refractivity contribution in [2.24, 2.45) is 23.7 Å². The predicted octanol–water partition coefficient (Wildman–Crippen LogP) is 6.72. The van der Waals surface area contributed by atoms with Gasteiger partial charge in [0, 0.05) is 10.9 Å². The van der Waals surface area contributed by atoms with E-state index in [1.165, 1.54) is 9.80 Å². The predicted molar refractivity (Wildman–Crippen MR) is 181 cm³/mol. The molecule has 240 valence electrons. The molecule has 4 aromatic carbocycles. The summed E-state index contributed by atoms with van der Waals surface area (Å²) in [5.41, 5.74) is 2.89. The van der Waals surface area contributed by atoms with Crippen molar-refractivity contribution in [3.05, 3.63) is 142 Å². The van der Waals surface area contributed by atoms with E-state index in [-0.39, 0.29) is 42.3 Å². The van der Waals surface area contributed by atoms with E-state index in [0.29, 0.717) is 28.3 Å². The number of benzene rings is 4. The number of halogens is 1. The second-order valence-corrected chi connectivity index (χ2v) is 13.8. The fourth-order valence-corrected chi connectivity index (χ4v) is 9.15. The zero-order valence-corrected chi connectivity index (χ0v) is 27.0. The Bertz CT molecular complexity index is 2030. The lowest BCUT2D eigenvalue weighted by Crippen LogP contribution is -2.53. The Morgan fingerprint density at radius 2 is 1.54 bits per heavy atom. The van der Waals surface area contributed by atoms with Crippen LogP contribution in [0.25, 0.3) is 0 Å². The van der Waals surface area contributed by atoms with Gasteiger partial charge in [0.05, 0.1) is 35.4 Å². The first-order valence-corrected chi connectivity index (χ1v) is 16.7. The van der Waals surface area contributed by atoms with Crippen molar-refractivity contribution >= 4 is 40.9 Å². The largest absolute Gasteiger partial charge is 0.508 e. The first-order valence-electron chi connectivity index (χ1n) is 16.3. The van der Waals surface area contributed by atoms with Gasteiger partial charge in [0.1, 0.15) is 5.75 Å². The summed E-state index contributed by atoms with van der Waals surface area (Å²) in [4.78, 5) is 60.9. The van der Waals surface area contributed by atoms with Gasteiger partial charge in [-0.3, -0.25) is 24.1 Å². The molecule has 0 aromatic heterocycles. The van der Waals surface area contributed by atoms with Gasteiger partial charge in [-0.2, -0.15) is 0 Å². The van der Waals surface area contributed by atoms with E-state index in [1.54, 1.807) is 37.3 Å². The van der Waals surface area contributed by atoms with E-state index in [9.17, 15) is 19.5 Å². The maximum atomic E-state index is 15.2. The molecule has 1 saturated carbocycles. The summed E-state index contributed by atoms with van der Waals surface area (Å²) in [7, 11) is 0. The normalized spacial score (nSPS) is 27.9. The van der Waals surface area contributed by atoms with Crippen molar-refractivity contribution in [1.82, 2.24) is 4.90 Å². The average molecular weight is 657 g/mol. The Morgan fingerprint density at radius 3 is 2.25 bits per heavy atom. The van der Waals surface area contributed by atoms with E-state index in [2.05, 4.69) is 6.08 Å². The lowest BCUT2D eigenvalue weighted by molar-refractivity contribution is -0.141. The Morgan fingerprint density at radius 1 is 0.812 bits per heavy atom. The second-order valence-electron chi connectivity index (χ2n) is 13.4. The molecule has 0 bridgehead atoms. The summed E-state index contributed by atoms with van der Waals surface area (Å²) >= 11 is 6.39. The molecule has 4 amide bonds. The highest BCUT2D eigenvalue weighted by Gasteiger charge is 2.70. The first-order chi connectivity index (χ1) is 23.2. The van der Waals surface area contributed by atoms with Crippen LogP contribution in [0.2, 0.25) is 5.02 Å². The van der Waals surface area contributed by atoms with Gasteiger partial charge in [0.2, 0.25) is 23.6 Å². The minimum absolute atomic E-state index is 0.122. The second kappa shape index (κ2) is 11.3. The van der Waals surface area contributed by atoms with E-state index in [0.717, 1.165) is 16.7 Å². The number of imide groups is 2. The monoisotopic (exact) mass is 656 g/mol. The molecule has 6 atom stereocenters. The number of hydrogen-bond acceptors (Lipinski definition) is 5. The molecule has 2 heterocycles. The average Bonchev–Trinajstić information content (AvgIpc) is 3.47. The highest BCUT2D eigenvalue weighted by atomic mass is 35.5. The smallest absolute Gasteiger partial charge is 0.246 e. The number of phenols is 1. The fraction of sp³-hybridized carbons (Fsp3) is 0.250. The third-order valence-electron chi connectivity index (χ3n) is 11.0. The summed E-state index contributed by atoms with van der Waals surface area (Å²) < 4.78 is 0. The SMILES string of the molecule is Cc1cc(C2C3=CCC4C(=O)N(Cc5ccccc5)C(=O)C4C3CC3C(=O)N(c4cccc(Cl)c4)C(=O)C32c2ccccc2)ccc1O. The number of amides is 4. The summed E-state index contributed by atoms with van der Waals surface area (Å²) in [5.74, 6) is -4.15. The number of likely N-dealkylation sites (tertiary alicyclic amines) is 1. The van der Waals surface area contributed by atoms with Crippen LogP contribution in [0.15, 0.2) is 115 Å². The first kappa shape index (κ1) is 30.3. The Labute approximate surface area is 283 Å². The van der Waals surface area contributed by atoms with E-state index >= 15 is 4.79 Å². The number of fused-ring (bicyclic) bond motifs is 4. The zero-order chi connectivity index (χ0) is 33.3. The summed E-state index contributed by atoms with van der Waals surface area (Å²) in [6.07, 6.45) is 2.64. The fourth-order valence-electron chi connectivity index (χ4n) is 8.96. The number of carbonyl (C=O) groups is 4. The number of aryl methyl sites for hydroxylation is 1. The van der Waals surface area contributed by atoms with Crippen LogP contribution in [-0.4, -0.2) is 33.6 Å². The number of rotatable bonds is 5. The van der Waals surface area contributed by atoms with Crippen LogP contribution in [0.5, 0.6) is 5.75 Å². The third kappa shape index (κ3) is 4.33. The number of carbonyl (C=O) groups excluding carboxylic acids is 4. The van der Waals surface area contributed by atoms with Gasteiger partial charge in [0.25, 0.3) is 0 Å². The lowest BCUT2D eigenvalue weighted by atomic mass is 9.49. The molecule has 2 aliphatic heterocycles. The topological polar surface area (TPSA) is 95.0 Å². The quantitative estimate of drug-likeness (QED) is 0.190. The summed E-state index contributed by atoms with van der Waals surface area (Å²) in [6, 6.07) is 30.9. The lowest BCUT2D eigenvalue weighted by Gasteiger charge is -2.50. The molecule has 4 aliphatic rings. The van der Waals surface area contributed by atoms with E-state index in [1.807, 2.05) is 72.8 Å². The van der Waals surface area contributed by atoms with Crippen molar-refractivity contribution < 1.29 is 24.3 Å². The molecule has 4 aromatic rings. The van der Waals surface area contributed by atoms with Crippen LogP contribution in [0.4, 0.5) is 5.69 Å². The highest BCUT2D eigenvalue weighted by molar-refractivity contribution is 6.32. The molecule has 8 heteroatoms. The maximum absolute atomic E-state index is 15.2. The third-order valence-corrected chi connectivity index (χ3v) is 11.2. The van der Waals surface area contributed by atoms with Gasteiger partial charge >= 0.3 is 0 Å². The number of anilines is 1. The highest BCUT2D eigenvalue weighted by Crippen LogP contribution is 2.64. The van der Waals surface area contributed by atoms with Crippen molar-refractivity contribution in [2.75, 3.05) is 4.90 Å². The van der Waals surface area contributed by atoms with Crippen molar-refractivity contribution in [2.45, 2.75) is 37.6 Å². The van der Waals surface area contributed by atoms with Crippen molar-refractivity contribution in [3.63, 3.8) is 0 Å². The molecule has 0 radical (unpaired) electrons. The molecule has 3 fully saturated rings. The van der Waals surface area contributed by atoms with Gasteiger partial charge in [-0.05, 0) is 72.2 Å². The Kier molecular flexibility index (Phi) is 7.15. The standard InChI is InChI=1S/C40H33ClN2O5/c1-23-19-25(15-18-33(23)44)35-29-16-17-30-34(38(47)42(36(30)45)22-24-9-4-2-5-10-24)31(29)21-32-37(46)43(28-14-8-13-27(41)20-28)39(48)40(32,35)26-11-6-3-7-12-26/h2-16,18-20,30-32,34-35,44H,17,21-22H2,1H3. The molecule has 1 N–H and O–H groups in total. The molecule has 48 heavy (non-hydrogen) atoms. The zero-order valence-electron chi connectivity index (χ0n) is 26.3. The number of aromatic hydroxyl groups is 1. The molecule has 2 aliphatic carbocycles. The molecular weight excluding hydrogens is 624 g/mol. The Hall–Kier alpha value is -5.01. The van der Waals surface area contributed by atoms with Crippen molar-refractivity contribution in [1.29, 1.82) is 0 Å². The molecule has 2 saturated heterocycles. The summed E-state index contributed by atoms with van der Waals surface area (Å²) in [5, 5.41) is 10.9. The maximum Gasteiger partial charge on any atom is 0.246 e. The van der Waals surface area contributed by atoms with Gasteiger partial charge in [-0.1, -0.05) is 102 Å².